The standard InChI is InChI=1S/C16H25.C2H4O2.Na/c1-3-5-7-10-15-12-9-13-16(14-15)11-8-6-4-2;1-2(3)4;/h12-14H,3-8,10-11H2,1-2H3;1H3,(H,3,4);. The van der Waals surface area contributed by atoms with Crippen molar-refractivity contribution in [1.29, 1.82) is 0 Å². The first kappa shape index (κ1) is 20.7. The van der Waals surface area contributed by atoms with Crippen molar-refractivity contribution < 1.29 is 9.90 Å². The van der Waals surface area contributed by atoms with E-state index in [-0.39, 0.29) is 0 Å². The van der Waals surface area contributed by atoms with E-state index in [2.05, 4.69) is 32.0 Å². The molecule has 2 nitrogen and oxygen atoms in total. The van der Waals surface area contributed by atoms with Gasteiger partial charge in [0.2, 0.25) is 0 Å². The van der Waals surface area contributed by atoms with Gasteiger partial charge in [0.25, 0.3) is 5.97 Å². The third-order valence-electron chi connectivity index (χ3n) is 3.33. The molecule has 0 spiro atoms. The van der Waals surface area contributed by atoms with Crippen molar-refractivity contribution in [3.63, 3.8) is 0 Å². The Hall–Kier alpha value is -0.310. The molecule has 0 aliphatic rings. The van der Waals surface area contributed by atoms with Gasteiger partial charge in [-0.05, 0) is 0 Å². The first-order valence-corrected chi connectivity index (χ1v) is 9.28. The number of unbranched alkanes of at least 4 members (excludes halogenated alkanes) is 4. The van der Waals surface area contributed by atoms with Gasteiger partial charge >= 0.3 is 125 Å². The molecule has 0 heterocycles. The Morgan fingerprint density at radius 3 is 1.67 bits per heavy atom. The van der Waals surface area contributed by atoms with Gasteiger partial charge in [-0.25, -0.2) is 0 Å². The van der Waals surface area contributed by atoms with E-state index in [9.17, 15) is 0 Å². The fourth-order valence-electron chi connectivity index (χ4n) is 2.39. The third kappa shape index (κ3) is 13.1. The molecule has 0 saturated carbocycles. The quantitative estimate of drug-likeness (QED) is 0.581. The van der Waals surface area contributed by atoms with Crippen molar-refractivity contribution in [3.05, 3.63) is 29.3 Å². The van der Waals surface area contributed by atoms with Crippen LogP contribution in [0.3, 0.4) is 0 Å². The van der Waals surface area contributed by atoms with Crippen LogP contribution in [0.1, 0.15) is 70.4 Å². The van der Waals surface area contributed by atoms with E-state index in [0.717, 1.165) is 6.92 Å². The van der Waals surface area contributed by atoms with Gasteiger partial charge in [-0.2, -0.15) is 0 Å². The summed E-state index contributed by atoms with van der Waals surface area (Å²) in [6.45, 7) is 5.64. The molecule has 1 rings (SSSR count). The Morgan fingerprint density at radius 1 is 0.952 bits per heavy atom. The average Bonchev–Trinajstić information content (AvgIpc) is 2.38. The average molecular weight is 300 g/mol. The molecule has 21 heavy (non-hydrogen) atoms. The van der Waals surface area contributed by atoms with E-state index in [1.165, 1.54) is 79.3 Å². The van der Waals surface area contributed by atoms with Crippen LogP contribution < -0.4 is 2.81 Å². The summed E-state index contributed by atoms with van der Waals surface area (Å²) in [5, 5.41) is 7.42. The molecule has 0 bridgehead atoms. The second-order valence-electron chi connectivity index (χ2n) is 5.76. The number of carboxylic acids is 1. The summed E-state index contributed by atoms with van der Waals surface area (Å²) in [5.74, 6) is -0.833. The van der Waals surface area contributed by atoms with Crippen molar-refractivity contribution in [2.45, 2.75) is 72.1 Å². The zero-order valence-corrected chi connectivity index (χ0v) is 16.2. The second-order valence-corrected chi connectivity index (χ2v) is 6.91. The topological polar surface area (TPSA) is 37.3 Å². The summed E-state index contributed by atoms with van der Waals surface area (Å²) < 4.78 is 1.57. The molecule has 1 N–H and O–H groups in total. The van der Waals surface area contributed by atoms with Crippen LogP contribution in [0.15, 0.2) is 18.2 Å². The predicted molar refractivity (Wildman–Crippen MR) is 91.6 cm³/mol. The number of aliphatic carboxylic acids is 1. The summed E-state index contributed by atoms with van der Waals surface area (Å²) in [4.78, 5) is 9.00. The fourth-order valence-corrected chi connectivity index (χ4v) is 3.14. The molecular formula is C18H29NaO2. The molecule has 0 amide bonds. The molecule has 114 valence electrons. The first-order valence-electron chi connectivity index (χ1n) is 8.28. The summed E-state index contributed by atoms with van der Waals surface area (Å²) in [7, 11) is 0. The van der Waals surface area contributed by atoms with Crippen LogP contribution in [-0.2, 0) is 17.6 Å². The number of rotatable bonds is 8. The Morgan fingerprint density at radius 2 is 1.33 bits per heavy atom. The minimum absolute atomic E-state index is 0.833. The van der Waals surface area contributed by atoms with Crippen molar-refractivity contribution in [2.24, 2.45) is 0 Å². The molecule has 3 heteroatoms. The number of carbonyl (C=O) groups is 1. The monoisotopic (exact) mass is 300 g/mol. The maximum absolute atomic E-state index is 9.00. The van der Waals surface area contributed by atoms with Crippen molar-refractivity contribution in [2.75, 3.05) is 0 Å². The summed E-state index contributed by atoms with van der Waals surface area (Å²) in [6, 6.07) is 7.29. The van der Waals surface area contributed by atoms with Crippen LogP contribution in [0.25, 0.3) is 0 Å². The van der Waals surface area contributed by atoms with Crippen LogP contribution in [-0.4, -0.2) is 39.0 Å². The van der Waals surface area contributed by atoms with E-state index in [1.54, 1.807) is 13.9 Å². The van der Waals surface area contributed by atoms with E-state index in [0.29, 0.717) is 0 Å². The summed E-state index contributed by atoms with van der Waals surface area (Å²) in [6.07, 6.45) is 10.7. The van der Waals surface area contributed by atoms with Crippen LogP contribution in [0.2, 0.25) is 0 Å². The minimum atomic E-state index is -0.833. The molecule has 0 aromatic heterocycles. The van der Waals surface area contributed by atoms with Gasteiger partial charge in [-0.1, -0.05) is 0 Å². The Bertz CT molecular complexity index is 370. The molecule has 1 aromatic rings. The van der Waals surface area contributed by atoms with Gasteiger partial charge in [0, 0.05) is 6.92 Å². The van der Waals surface area contributed by atoms with Gasteiger partial charge in [-0.15, -0.1) is 0 Å². The van der Waals surface area contributed by atoms with E-state index in [1.807, 2.05) is 0 Å². The maximum atomic E-state index is 9.00. The van der Waals surface area contributed by atoms with E-state index < -0.39 is 5.97 Å². The van der Waals surface area contributed by atoms with Gasteiger partial charge in [0.15, 0.2) is 0 Å². The zero-order valence-electron chi connectivity index (χ0n) is 14.2. The molecule has 1 aromatic carbocycles. The fraction of sp³-hybridized carbons (Fsp3) is 0.611. The van der Waals surface area contributed by atoms with Gasteiger partial charge in [0.05, 0.1) is 0 Å². The normalized spacial score (nSPS) is 9.95. The summed E-state index contributed by atoms with van der Waals surface area (Å²) in [5.41, 5.74) is 3.16. The molecule has 0 atom stereocenters. The number of aryl methyl sites for hydroxylation is 2. The Balaban J connectivity index is 0.000000885. The van der Waals surface area contributed by atoms with Crippen molar-refractivity contribution >= 4 is 36.7 Å². The van der Waals surface area contributed by atoms with Crippen LogP contribution in [0.5, 0.6) is 0 Å². The molecule has 0 radical (unpaired) electrons. The van der Waals surface area contributed by atoms with Gasteiger partial charge < -0.3 is 5.11 Å². The van der Waals surface area contributed by atoms with Crippen LogP contribution >= 0.6 is 0 Å². The number of hydrogen-bond acceptors (Lipinski definition) is 1. The molecular weight excluding hydrogens is 271 g/mol. The van der Waals surface area contributed by atoms with Crippen molar-refractivity contribution in [3.8, 4) is 0 Å². The van der Waals surface area contributed by atoms with E-state index >= 15 is 0 Å². The van der Waals surface area contributed by atoms with E-state index in [4.69, 9.17) is 9.90 Å². The SMILES string of the molecule is CC(=O)O.CCCCCc1c[c]([Na])cc(CCCCC)c1. The Kier molecular flexibility index (Phi) is 13.2. The van der Waals surface area contributed by atoms with Gasteiger partial charge in [-0.3, -0.25) is 4.79 Å². The van der Waals surface area contributed by atoms with Crippen LogP contribution in [0.4, 0.5) is 0 Å². The first-order chi connectivity index (χ1) is 9.99. The van der Waals surface area contributed by atoms with Crippen LogP contribution in [0, 0.1) is 0 Å². The molecule has 0 fully saturated rings. The summed E-state index contributed by atoms with van der Waals surface area (Å²) >= 11 is 1.19. The molecule has 0 aliphatic heterocycles. The second kappa shape index (κ2) is 13.4. The van der Waals surface area contributed by atoms with Crippen molar-refractivity contribution in [1.82, 2.24) is 0 Å². The predicted octanol–water partition coefficient (Wildman–Crippen LogP) is 4.04. The zero-order chi connectivity index (χ0) is 16.1. The van der Waals surface area contributed by atoms with Gasteiger partial charge in [0.1, 0.15) is 0 Å². The third-order valence-corrected chi connectivity index (χ3v) is 3.91. The molecule has 0 unspecified atom stereocenters. The Labute approximate surface area is 147 Å². The number of hydrogen-bond donors (Lipinski definition) is 1. The number of carboxylic acid groups (broad SMARTS) is 1. The number of benzene rings is 1. The molecule has 0 saturated heterocycles. The molecule has 0 aliphatic carbocycles.